The third kappa shape index (κ3) is 3.89. The van der Waals surface area contributed by atoms with Gasteiger partial charge in [0.05, 0.1) is 5.54 Å². The molecule has 2 fully saturated rings. The molecule has 0 atom stereocenters. The van der Waals surface area contributed by atoms with Crippen molar-refractivity contribution >= 4 is 24.2 Å². The minimum absolute atomic E-state index is 0. The second kappa shape index (κ2) is 6.53. The lowest BCUT2D eigenvalue weighted by molar-refractivity contribution is -0.146. The first-order chi connectivity index (χ1) is 9.24. The Labute approximate surface area is 133 Å². The standard InChI is InChI=1S/C15H27N3O2.ClH/c1-14(2,3)12(19)17-8-10-18(11-9-17)13(20)15(16)6-4-5-7-15;/h4-11,16H2,1-3H3;1H. The Morgan fingerprint density at radius 2 is 1.38 bits per heavy atom. The predicted octanol–water partition coefficient (Wildman–Crippen LogP) is 1.40. The number of carbonyl (C=O) groups excluding carboxylic acids is 2. The molecule has 1 aliphatic carbocycles. The lowest BCUT2D eigenvalue weighted by Crippen LogP contribution is -2.59. The Kier molecular flexibility index (Phi) is 5.67. The van der Waals surface area contributed by atoms with E-state index in [-0.39, 0.29) is 29.6 Å². The van der Waals surface area contributed by atoms with Gasteiger partial charge in [-0.1, -0.05) is 33.6 Å². The van der Waals surface area contributed by atoms with E-state index in [2.05, 4.69) is 0 Å². The maximum Gasteiger partial charge on any atom is 0.242 e. The normalized spacial score (nSPS) is 21.9. The van der Waals surface area contributed by atoms with Crippen molar-refractivity contribution < 1.29 is 9.59 Å². The number of hydrogen-bond acceptors (Lipinski definition) is 3. The molecule has 0 bridgehead atoms. The van der Waals surface area contributed by atoms with Crippen molar-refractivity contribution in [2.45, 2.75) is 52.0 Å². The highest BCUT2D eigenvalue weighted by Gasteiger charge is 2.41. The summed E-state index contributed by atoms with van der Waals surface area (Å²) >= 11 is 0. The van der Waals surface area contributed by atoms with E-state index in [0.717, 1.165) is 25.7 Å². The Bertz CT molecular complexity index is 392. The van der Waals surface area contributed by atoms with E-state index in [1.165, 1.54) is 0 Å². The van der Waals surface area contributed by atoms with Gasteiger partial charge < -0.3 is 15.5 Å². The molecule has 1 saturated heterocycles. The molecule has 5 nitrogen and oxygen atoms in total. The molecule has 2 aliphatic rings. The van der Waals surface area contributed by atoms with E-state index in [4.69, 9.17) is 5.73 Å². The minimum atomic E-state index is -0.643. The van der Waals surface area contributed by atoms with Gasteiger partial charge in [-0.2, -0.15) is 0 Å². The number of nitrogens with two attached hydrogens (primary N) is 1. The predicted molar refractivity (Wildman–Crippen MR) is 85.2 cm³/mol. The van der Waals surface area contributed by atoms with E-state index in [1.807, 2.05) is 30.6 Å². The minimum Gasteiger partial charge on any atom is -0.339 e. The Morgan fingerprint density at radius 3 is 1.81 bits per heavy atom. The summed E-state index contributed by atoms with van der Waals surface area (Å²) in [6, 6.07) is 0. The highest BCUT2D eigenvalue weighted by Crippen LogP contribution is 2.29. The maximum atomic E-state index is 12.5. The van der Waals surface area contributed by atoms with Gasteiger partial charge in [0.25, 0.3) is 0 Å². The molecular formula is C15H28ClN3O2. The number of amides is 2. The summed E-state index contributed by atoms with van der Waals surface area (Å²) in [5, 5.41) is 0. The molecule has 0 unspecified atom stereocenters. The van der Waals surface area contributed by atoms with E-state index in [9.17, 15) is 9.59 Å². The highest BCUT2D eigenvalue weighted by molar-refractivity contribution is 5.87. The van der Waals surface area contributed by atoms with Gasteiger partial charge in [0.2, 0.25) is 11.8 Å². The zero-order chi connectivity index (χ0) is 15.0. The average molecular weight is 318 g/mol. The van der Waals surface area contributed by atoms with Crippen molar-refractivity contribution in [1.29, 1.82) is 0 Å². The van der Waals surface area contributed by atoms with Crippen LogP contribution < -0.4 is 5.73 Å². The number of carbonyl (C=O) groups is 2. The van der Waals surface area contributed by atoms with Crippen molar-refractivity contribution in [3.8, 4) is 0 Å². The Morgan fingerprint density at radius 1 is 0.952 bits per heavy atom. The fraction of sp³-hybridized carbons (Fsp3) is 0.867. The molecule has 0 spiro atoms. The van der Waals surface area contributed by atoms with E-state index in [1.54, 1.807) is 0 Å². The zero-order valence-corrected chi connectivity index (χ0v) is 14.2. The van der Waals surface area contributed by atoms with Crippen molar-refractivity contribution in [2.75, 3.05) is 26.2 Å². The molecule has 1 saturated carbocycles. The number of nitrogens with zero attached hydrogens (tertiary/aromatic N) is 2. The van der Waals surface area contributed by atoms with Crippen LogP contribution in [0.2, 0.25) is 0 Å². The van der Waals surface area contributed by atoms with Crippen molar-refractivity contribution in [2.24, 2.45) is 11.1 Å². The molecule has 0 radical (unpaired) electrons. The first-order valence-electron chi connectivity index (χ1n) is 7.62. The molecule has 2 rings (SSSR count). The largest absolute Gasteiger partial charge is 0.339 e. The van der Waals surface area contributed by atoms with Crippen molar-refractivity contribution in [1.82, 2.24) is 9.80 Å². The summed E-state index contributed by atoms with van der Waals surface area (Å²) in [6.45, 7) is 8.26. The summed E-state index contributed by atoms with van der Waals surface area (Å²) in [5.41, 5.74) is 5.23. The number of hydrogen-bond donors (Lipinski definition) is 1. The van der Waals surface area contributed by atoms with Crippen molar-refractivity contribution in [3.63, 3.8) is 0 Å². The highest BCUT2D eigenvalue weighted by atomic mass is 35.5. The van der Waals surface area contributed by atoms with Crippen LogP contribution in [0.5, 0.6) is 0 Å². The van der Waals surface area contributed by atoms with Crippen LogP contribution in [0.3, 0.4) is 0 Å². The molecule has 1 aliphatic heterocycles. The zero-order valence-electron chi connectivity index (χ0n) is 13.4. The van der Waals surface area contributed by atoms with Crippen LogP contribution in [0.15, 0.2) is 0 Å². The summed E-state index contributed by atoms with van der Waals surface area (Å²) in [7, 11) is 0. The lowest BCUT2D eigenvalue weighted by atomic mass is 9.94. The first-order valence-corrected chi connectivity index (χ1v) is 7.62. The Balaban J connectivity index is 0.00000220. The molecule has 1 heterocycles. The quantitative estimate of drug-likeness (QED) is 0.795. The van der Waals surface area contributed by atoms with E-state index < -0.39 is 5.54 Å². The molecule has 0 aromatic heterocycles. The monoisotopic (exact) mass is 317 g/mol. The van der Waals surface area contributed by atoms with Gasteiger partial charge in [0.15, 0.2) is 0 Å². The molecule has 6 heteroatoms. The van der Waals surface area contributed by atoms with Crippen LogP contribution in [0.25, 0.3) is 0 Å². The average Bonchev–Trinajstić information content (AvgIpc) is 2.84. The molecular weight excluding hydrogens is 290 g/mol. The maximum absolute atomic E-state index is 12.5. The Hall–Kier alpha value is -0.810. The topological polar surface area (TPSA) is 66.6 Å². The van der Waals surface area contributed by atoms with E-state index in [0.29, 0.717) is 26.2 Å². The summed E-state index contributed by atoms with van der Waals surface area (Å²) in [6.07, 6.45) is 3.69. The van der Waals surface area contributed by atoms with Gasteiger partial charge >= 0.3 is 0 Å². The lowest BCUT2D eigenvalue weighted by Gasteiger charge is -2.40. The molecule has 21 heavy (non-hydrogen) atoms. The second-order valence-electron chi connectivity index (χ2n) is 7.20. The van der Waals surface area contributed by atoms with Gasteiger partial charge in [0.1, 0.15) is 0 Å². The van der Waals surface area contributed by atoms with Crippen LogP contribution in [-0.4, -0.2) is 53.3 Å². The third-order valence-electron chi connectivity index (χ3n) is 4.42. The fourth-order valence-corrected chi connectivity index (χ4v) is 3.12. The van der Waals surface area contributed by atoms with Crippen LogP contribution in [0, 0.1) is 5.41 Å². The summed E-state index contributed by atoms with van der Waals surface area (Å²) in [4.78, 5) is 28.4. The van der Waals surface area contributed by atoms with Gasteiger partial charge in [-0.3, -0.25) is 9.59 Å². The van der Waals surface area contributed by atoms with Gasteiger partial charge in [0, 0.05) is 31.6 Å². The van der Waals surface area contributed by atoms with Crippen LogP contribution in [0.1, 0.15) is 46.5 Å². The molecule has 122 valence electrons. The molecule has 0 aromatic carbocycles. The smallest absolute Gasteiger partial charge is 0.242 e. The van der Waals surface area contributed by atoms with Gasteiger partial charge in [-0.05, 0) is 12.8 Å². The summed E-state index contributed by atoms with van der Waals surface area (Å²) < 4.78 is 0. The van der Waals surface area contributed by atoms with E-state index >= 15 is 0 Å². The second-order valence-corrected chi connectivity index (χ2v) is 7.20. The molecule has 2 N–H and O–H groups in total. The number of piperazine rings is 1. The third-order valence-corrected chi connectivity index (χ3v) is 4.42. The molecule has 0 aromatic rings. The van der Waals surface area contributed by atoms with Crippen molar-refractivity contribution in [3.05, 3.63) is 0 Å². The van der Waals surface area contributed by atoms with Crippen LogP contribution in [-0.2, 0) is 9.59 Å². The van der Waals surface area contributed by atoms with Gasteiger partial charge in [-0.15, -0.1) is 12.4 Å². The molecule has 2 amide bonds. The van der Waals surface area contributed by atoms with Crippen LogP contribution in [0.4, 0.5) is 0 Å². The van der Waals surface area contributed by atoms with Crippen LogP contribution >= 0.6 is 12.4 Å². The first kappa shape index (κ1) is 18.2. The number of halogens is 1. The SMILES string of the molecule is CC(C)(C)C(=O)N1CCN(C(=O)C2(N)CCCC2)CC1.Cl. The van der Waals surface area contributed by atoms with Gasteiger partial charge in [-0.25, -0.2) is 0 Å². The number of rotatable bonds is 1. The fourth-order valence-electron chi connectivity index (χ4n) is 3.12. The summed E-state index contributed by atoms with van der Waals surface area (Å²) in [5.74, 6) is 0.241.